The number of piperidine rings is 1. The number of aliphatic hydroxyl groups excluding tert-OH is 1. The van der Waals surface area contributed by atoms with Crippen LogP contribution >= 0.6 is 11.3 Å². The van der Waals surface area contributed by atoms with Crippen molar-refractivity contribution in [1.29, 1.82) is 0 Å². The highest BCUT2D eigenvalue weighted by molar-refractivity contribution is 7.10. The van der Waals surface area contributed by atoms with Gasteiger partial charge in [-0.15, -0.1) is 11.3 Å². The number of aliphatic carboxylic acids is 1. The van der Waals surface area contributed by atoms with Crippen molar-refractivity contribution in [3.63, 3.8) is 0 Å². The van der Waals surface area contributed by atoms with Gasteiger partial charge in [-0.05, 0) is 48.9 Å². The molecule has 4 nitrogen and oxygen atoms in total. The summed E-state index contributed by atoms with van der Waals surface area (Å²) in [5, 5.41) is 19.9. The largest absolute Gasteiger partial charge is 0.478 e. The van der Waals surface area contributed by atoms with Crippen LogP contribution < -0.4 is 0 Å². The Balaban J connectivity index is 2.04. The number of aliphatic hydroxyl groups is 1. The van der Waals surface area contributed by atoms with E-state index < -0.39 is 5.97 Å². The van der Waals surface area contributed by atoms with E-state index in [4.69, 9.17) is 10.2 Å². The molecule has 2 N–H and O–H groups in total. The van der Waals surface area contributed by atoms with Crippen LogP contribution in [0, 0.1) is 0 Å². The fraction of sp³-hybridized carbons (Fsp3) is 0.533. The quantitative estimate of drug-likeness (QED) is 0.792. The van der Waals surface area contributed by atoms with Gasteiger partial charge in [-0.2, -0.15) is 0 Å². The lowest BCUT2D eigenvalue weighted by atomic mass is 9.99. The summed E-state index contributed by atoms with van der Waals surface area (Å²) < 4.78 is 0. The highest BCUT2D eigenvalue weighted by atomic mass is 32.1. The summed E-state index contributed by atoms with van der Waals surface area (Å²) >= 11 is 1.67. The fourth-order valence-electron chi connectivity index (χ4n) is 2.72. The van der Waals surface area contributed by atoms with Gasteiger partial charge < -0.3 is 10.2 Å². The van der Waals surface area contributed by atoms with Crippen molar-refractivity contribution in [2.45, 2.75) is 38.3 Å². The van der Waals surface area contributed by atoms with Crippen molar-refractivity contribution in [3.05, 3.63) is 28.0 Å². The van der Waals surface area contributed by atoms with E-state index in [0.29, 0.717) is 6.04 Å². The molecule has 110 valence electrons. The molecule has 1 atom stereocenters. The lowest BCUT2D eigenvalue weighted by Gasteiger charge is -2.35. The molecule has 1 aliphatic rings. The van der Waals surface area contributed by atoms with Gasteiger partial charge in [0.25, 0.3) is 0 Å². The van der Waals surface area contributed by atoms with Crippen LogP contribution in [0.3, 0.4) is 0 Å². The maximum Gasteiger partial charge on any atom is 0.328 e. The molecule has 0 bridgehead atoms. The first-order valence-corrected chi connectivity index (χ1v) is 7.91. The number of likely N-dealkylation sites (tertiary alicyclic amines) is 1. The third-order valence-electron chi connectivity index (χ3n) is 3.74. The Bertz CT molecular complexity index is 467. The summed E-state index contributed by atoms with van der Waals surface area (Å²) in [6, 6.07) is 2.41. The smallest absolute Gasteiger partial charge is 0.328 e. The number of rotatable bonds is 6. The summed E-state index contributed by atoms with van der Waals surface area (Å²) in [6.07, 6.45) is 7.26. The second-order valence-corrected chi connectivity index (χ2v) is 6.10. The SMILES string of the molecule is O=C(O)C=Cc1ccsc1CN1CCCCC1CCO. The first kappa shape index (κ1) is 15.2. The Labute approximate surface area is 123 Å². The highest BCUT2D eigenvalue weighted by Gasteiger charge is 2.22. The summed E-state index contributed by atoms with van der Waals surface area (Å²) in [7, 11) is 0. The summed E-state index contributed by atoms with van der Waals surface area (Å²) in [6.45, 7) is 2.14. The lowest BCUT2D eigenvalue weighted by Crippen LogP contribution is -2.39. The van der Waals surface area contributed by atoms with E-state index in [1.54, 1.807) is 17.4 Å². The number of hydrogen-bond acceptors (Lipinski definition) is 4. The van der Waals surface area contributed by atoms with Gasteiger partial charge in [-0.25, -0.2) is 4.79 Å². The molecule has 20 heavy (non-hydrogen) atoms. The van der Waals surface area contributed by atoms with Gasteiger partial charge in [-0.3, -0.25) is 4.90 Å². The number of hydrogen-bond donors (Lipinski definition) is 2. The van der Waals surface area contributed by atoms with Gasteiger partial charge in [0, 0.05) is 30.1 Å². The van der Waals surface area contributed by atoms with Crippen LogP contribution in [0.25, 0.3) is 6.08 Å². The minimum atomic E-state index is -0.918. The van der Waals surface area contributed by atoms with Crippen molar-refractivity contribution in [2.75, 3.05) is 13.2 Å². The standard InChI is InChI=1S/C15H21NO3S/c17-9-6-13-3-1-2-8-16(13)11-14-12(7-10-20-14)4-5-15(18)19/h4-5,7,10,13,17H,1-3,6,8-9,11H2,(H,18,19). The Hall–Kier alpha value is -1.17. The molecule has 1 saturated heterocycles. The molecular weight excluding hydrogens is 274 g/mol. The molecule has 2 rings (SSSR count). The van der Waals surface area contributed by atoms with Crippen molar-refractivity contribution in [3.8, 4) is 0 Å². The topological polar surface area (TPSA) is 60.8 Å². The molecule has 0 aliphatic carbocycles. The van der Waals surface area contributed by atoms with E-state index in [2.05, 4.69) is 4.90 Å². The number of nitrogens with zero attached hydrogens (tertiary/aromatic N) is 1. The minimum Gasteiger partial charge on any atom is -0.478 e. The lowest BCUT2D eigenvalue weighted by molar-refractivity contribution is -0.131. The average Bonchev–Trinajstić information content (AvgIpc) is 2.86. The van der Waals surface area contributed by atoms with Gasteiger partial charge in [0.05, 0.1) is 0 Å². The first-order valence-electron chi connectivity index (χ1n) is 7.03. The van der Waals surface area contributed by atoms with Gasteiger partial charge in [0.1, 0.15) is 0 Å². The maximum atomic E-state index is 10.6. The summed E-state index contributed by atoms with van der Waals surface area (Å²) in [4.78, 5) is 14.2. The predicted octanol–water partition coefficient (Wildman–Crippen LogP) is 2.58. The van der Waals surface area contributed by atoms with Crippen LogP contribution in [-0.2, 0) is 11.3 Å². The molecule has 1 aliphatic heterocycles. The van der Waals surface area contributed by atoms with E-state index in [-0.39, 0.29) is 6.61 Å². The van der Waals surface area contributed by atoms with E-state index in [1.165, 1.54) is 23.8 Å². The second kappa shape index (κ2) is 7.57. The first-order chi connectivity index (χ1) is 9.70. The Morgan fingerprint density at radius 1 is 1.50 bits per heavy atom. The molecule has 0 amide bonds. The monoisotopic (exact) mass is 295 g/mol. The Kier molecular flexibility index (Phi) is 5.76. The van der Waals surface area contributed by atoms with Crippen LogP contribution in [0.15, 0.2) is 17.5 Å². The molecule has 0 spiro atoms. The van der Waals surface area contributed by atoms with Gasteiger partial charge in [-0.1, -0.05) is 6.42 Å². The molecule has 1 aromatic rings. The zero-order valence-electron chi connectivity index (χ0n) is 11.5. The van der Waals surface area contributed by atoms with Crippen LogP contribution in [0.4, 0.5) is 0 Å². The fourth-order valence-corrected chi connectivity index (χ4v) is 3.61. The Morgan fingerprint density at radius 2 is 2.35 bits per heavy atom. The van der Waals surface area contributed by atoms with Gasteiger partial charge in [0.15, 0.2) is 0 Å². The second-order valence-electron chi connectivity index (χ2n) is 5.10. The average molecular weight is 295 g/mol. The zero-order chi connectivity index (χ0) is 14.4. The molecular formula is C15H21NO3S. The van der Waals surface area contributed by atoms with Gasteiger partial charge >= 0.3 is 5.97 Å². The predicted molar refractivity (Wildman–Crippen MR) is 80.7 cm³/mol. The number of carboxylic acids is 1. The van der Waals surface area contributed by atoms with Crippen molar-refractivity contribution < 1.29 is 15.0 Å². The van der Waals surface area contributed by atoms with Crippen molar-refractivity contribution in [2.24, 2.45) is 0 Å². The van der Waals surface area contributed by atoms with Crippen molar-refractivity contribution in [1.82, 2.24) is 4.90 Å². The molecule has 1 fully saturated rings. The van der Waals surface area contributed by atoms with Crippen LogP contribution in [0.1, 0.15) is 36.1 Å². The number of thiophene rings is 1. The minimum absolute atomic E-state index is 0.234. The number of carboxylic acid groups (broad SMARTS) is 1. The van der Waals surface area contributed by atoms with E-state index in [1.807, 2.05) is 11.4 Å². The molecule has 5 heteroatoms. The zero-order valence-corrected chi connectivity index (χ0v) is 12.3. The van der Waals surface area contributed by atoms with Crippen LogP contribution in [0.5, 0.6) is 0 Å². The molecule has 0 saturated carbocycles. The van der Waals surface area contributed by atoms with E-state index in [0.717, 1.165) is 31.5 Å². The molecule has 2 heterocycles. The van der Waals surface area contributed by atoms with Crippen molar-refractivity contribution >= 4 is 23.4 Å². The third-order valence-corrected chi connectivity index (χ3v) is 4.66. The highest BCUT2D eigenvalue weighted by Crippen LogP contribution is 2.26. The number of carbonyl (C=O) groups is 1. The summed E-state index contributed by atoms with van der Waals surface area (Å²) in [5.41, 5.74) is 0.991. The van der Waals surface area contributed by atoms with Crippen LogP contribution in [0.2, 0.25) is 0 Å². The summed E-state index contributed by atoms with van der Waals surface area (Å²) in [5.74, 6) is -0.918. The van der Waals surface area contributed by atoms with E-state index in [9.17, 15) is 4.79 Å². The maximum absolute atomic E-state index is 10.6. The molecule has 0 radical (unpaired) electrons. The normalized spacial score (nSPS) is 20.6. The molecule has 0 aromatic carbocycles. The van der Waals surface area contributed by atoms with Crippen LogP contribution in [-0.4, -0.2) is 40.3 Å². The molecule has 1 unspecified atom stereocenters. The molecule has 1 aromatic heterocycles. The Morgan fingerprint density at radius 3 is 3.10 bits per heavy atom. The third kappa shape index (κ3) is 4.16. The van der Waals surface area contributed by atoms with Gasteiger partial charge in [0.2, 0.25) is 0 Å². The van der Waals surface area contributed by atoms with E-state index >= 15 is 0 Å².